The number of rotatable bonds is 5. The number of esters is 1. The van der Waals surface area contributed by atoms with Crippen molar-refractivity contribution >= 4 is 11.8 Å². The summed E-state index contributed by atoms with van der Waals surface area (Å²) in [7, 11) is 1.30. The Morgan fingerprint density at radius 2 is 2.38 bits per heavy atom. The normalized spacial score (nSPS) is 9.25. The van der Waals surface area contributed by atoms with Gasteiger partial charge >= 0.3 is 5.97 Å². The molecule has 16 heavy (non-hydrogen) atoms. The number of carbonyl (C=O) groups excluding carboxylic acids is 1. The predicted molar refractivity (Wildman–Crippen MR) is 59.9 cm³/mol. The summed E-state index contributed by atoms with van der Waals surface area (Å²) in [4.78, 5) is 11.1. The van der Waals surface area contributed by atoms with Gasteiger partial charge in [-0.25, -0.2) is 4.79 Å². The summed E-state index contributed by atoms with van der Waals surface area (Å²) in [6.07, 6.45) is 6.71. The number of anilines is 1. The molecule has 0 amide bonds. The third-order valence-corrected chi connectivity index (χ3v) is 1.86. The van der Waals surface area contributed by atoms with E-state index in [1.54, 1.807) is 12.1 Å². The molecule has 0 atom stereocenters. The van der Waals surface area contributed by atoms with Crippen molar-refractivity contribution in [2.75, 3.05) is 19.0 Å². The van der Waals surface area contributed by atoms with Crippen molar-refractivity contribution in [2.45, 2.75) is 12.8 Å². The lowest BCUT2D eigenvalue weighted by Gasteiger charge is -2.03. The van der Waals surface area contributed by atoms with E-state index in [0.717, 1.165) is 19.4 Å². The van der Waals surface area contributed by atoms with Crippen LogP contribution in [0.15, 0.2) is 12.1 Å². The minimum absolute atomic E-state index is 0.191. The van der Waals surface area contributed by atoms with Crippen LogP contribution in [0, 0.1) is 12.3 Å². The molecular formula is C11H13N3O2. The Labute approximate surface area is 94.2 Å². The summed E-state index contributed by atoms with van der Waals surface area (Å²) in [5.74, 6) is 2.67. The predicted octanol–water partition coefficient (Wildman–Crippen LogP) is 1.09. The number of nitrogens with one attached hydrogen (secondary N) is 1. The van der Waals surface area contributed by atoms with Gasteiger partial charge in [-0.3, -0.25) is 0 Å². The molecule has 5 heteroatoms. The summed E-state index contributed by atoms with van der Waals surface area (Å²) in [6.45, 7) is 0.733. The molecule has 0 aliphatic rings. The smallest absolute Gasteiger partial charge is 0.358 e. The molecule has 0 aliphatic carbocycles. The van der Waals surface area contributed by atoms with Gasteiger partial charge in [-0.15, -0.1) is 22.5 Å². The van der Waals surface area contributed by atoms with Gasteiger partial charge in [0.15, 0.2) is 5.69 Å². The number of methoxy groups -OCH3 is 1. The molecular weight excluding hydrogens is 206 g/mol. The SMILES string of the molecule is C#CCCCNc1ccc(C(=O)OC)nn1. The number of hydrogen-bond acceptors (Lipinski definition) is 5. The fraction of sp³-hybridized carbons (Fsp3) is 0.364. The molecule has 0 aliphatic heterocycles. The Morgan fingerprint density at radius 3 is 2.94 bits per heavy atom. The van der Waals surface area contributed by atoms with Gasteiger partial charge in [0.25, 0.3) is 0 Å². The lowest BCUT2D eigenvalue weighted by molar-refractivity contribution is 0.0593. The number of aromatic nitrogens is 2. The monoisotopic (exact) mass is 219 g/mol. The Kier molecular flexibility index (Phi) is 4.80. The zero-order chi connectivity index (χ0) is 11.8. The molecule has 1 aromatic rings. The van der Waals surface area contributed by atoms with E-state index in [-0.39, 0.29) is 5.69 Å². The molecule has 0 saturated heterocycles. The first-order chi connectivity index (χ1) is 7.77. The minimum Gasteiger partial charge on any atom is -0.464 e. The standard InChI is InChI=1S/C11H13N3O2/c1-3-4-5-8-12-10-7-6-9(13-14-10)11(15)16-2/h1,6-7H,4-5,8H2,2H3,(H,12,14). The molecule has 0 aromatic carbocycles. The van der Waals surface area contributed by atoms with Crippen LogP contribution in [-0.4, -0.2) is 29.8 Å². The first kappa shape index (κ1) is 12.0. The average Bonchev–Trinajstić information content (AvgIpc) is 2.34. The average molecular weight is 219 g/mol. The van der Waals surface area contributed by atoms with Crippen LogP contribution in [0.25, 0.3) is 0 Å². The maximum atomic E-state index is 11.1. The molecule has 84 valence electrons. The number of carbonyl (C=O) groups is 1. The van der Waals surface area contributed by atoms with E-state index in [1.807, 2.05) is 0 Å². The first-order valence-corrected chi connectivity index (χ1v) is 4.87. The third-order valence-electron chi connectivity index (χ3n) is 1.86. The number of nitrogens with zero attached hydrogens (tertiary/aromatic N) is 2. The van der Waals surface area contributed by atoms with Crippen LogP contribution in [0.3, 0.4) is 0 Å². The number of terminal acetylenes is 1. The van der Waals surface area contributed by atoms with E-state index in [4.69, 9.17) is 6.42 Å². The van der Waals surface area contributed by atoms with Gasteiger partial charge in [0, 0.05) is 13.0 Å². The highest BCUT2D eigenvalue weighted by molar-refractivity contribution is 5.86. The lowest BCUT2D eigenvalue weighted by atomic mass is 10.3. The molecule has 1 heterocycles. The Morgan fingerprint density at radius 1 is 1.56 bits per heavy atom. The summed E-state index contributed by atoms with van der Waals surface area (Å²) < 4.78 is 4.51. The topological polar surface area (TPSA) is 64.1 Å². The van der Waals surface area contributed by atoms with Crippen molar-refractivity contribution in [3.63, 3.8) is 0 Å². The summed E-state index contributed by atoms with van der Waals surface area (Å²) in [6, 6.07) is 3.23. The Hall–Kier alpha value is -2.09. The third kappa shape index (κ3) is 3.58. The van der Waals surface area contributed by atoms with Crippen LogP contribution in [0.5, 0.6) is 0 Å². The van der Waals surface area contributed by atoms with Gasteiger partial charge in [-0.05, 0) is 18.6 Å². The van der Waals surface area contributed by atoms with Crippen molar-refractivity contribution < 1.29 is 9.53 Å². The van der Waals surface area contributed by atoms with E-state index < -0.39 is 5.97 Å². The van der Waals surface area contributed by atoms with Crippen molar-refractivity contribution in [2.24, 2.45) is 0 Å². The Balaban J connectivity index is 2.46. The van der Waals surface area contributed by atoms with E-state index in [9.17, 15) is 4.79 Å². The second kappa shape index (κ2) is 6.40. The van der Waals surface area contributed by atoms with Gasteiger partial charge in [0.05, 0.1) is 7.11 Å². The molecule has 1 rings (SSSR count). The van der Waals surface area contributed by atoms with Gasteiger partial charge < -0.3 is 10.1 Å². The van der Waals surface area contributed by atoms with E-state index in [2.05, 4.69) is 26.2 Å². The zero-order valence-corrected chi connectivity index (χ0v) is 9.06. The molecule has 0 bridgehead atoms. The molecule has 1 N–H and O–H groups in total. The maximum absolute atomic E-state index is 11.1. The van der Waals surface area contributed by atoms with Crippen LogP contribution in [0.4, 0.5) is 5.82 Å². The number of hydrogen-bond donors (Lipinski definition) is 1. The maximum Gasteiger partial charge on any atom is 0.358 e. The van der Waals surface area contributed by atoms with Crippen molar-refractivity contribution in [1.82, 2.24) is 10.2 Å². The highest BCUT2D eigenvalue weighted by Gasteiger charge is 2.06. The fourth-order valence-corrected chi connectivity index (χ4v) is 1.05. The van der Waals surface area contributed by atoms with E-state index >= 15 is 0 Å². The zero-order valence-electron chi connectivity index (χ0n) is 9.06. The van der Waals surface area contributed by atoms with Crippen molar-refractivity contribution in [3.05, 3.63) is 17.8 Å². The largest absolute Gasteiger partial charge is 0.464 e. The van der Waals surface area contributed by atoms with E-state index in [1.165, 1.54) is 7.11 Å². The van der Waals surface area contributed by atoms with Gasteiger partial charge in [0.2, 0.25) is 0 Å². The lowest BCUT2D eigenvalue weighted by Crippen LogP contribution is -2.08. The minimum atomic E-state index is -0.494. The molecule has 0 radical (unpaired) electrons. The van der Waals surface area contributed by atoms with Crippen LogP contribution in [0.1, 0.15) is 23.3 Å². The van der Waals surface area contributed by atoms with E-state index in [0.29, 0.717) is 5.82 Å². The summed E-state index contributed by atoms with van der Waals surface area (Å²) >= 11 is 0. The highest BCUT2D eigenvalue weighted by Crippen LogP contribution is 2.03. The number of unbranched alkanes of at least 4 members (excludes halogenated alkanes) is 1. The molecule has 0 unspecified atom stereocenters. The molecule has 0 fully saturated rings. The molecule has 0 spiro atoms. The first-order valence-electron chi connectivity index (χ1n) is 4.87. The Bertz CT molecular complexity index is 381. The summed E-state index contributed by atoms with van der Waals surface area (Å²) in [5.41, 5.74) is 0.191. The van der Waals surface area contributed by atoms with Gasteiger partial charge in [-0.2, -0.15) is 0 Å². The summed E-state index contributed by atoms with van der Waals surface area (Å²) in [5, 5.41) is 10.6. The van der Waals surface area contributed by atoms with Crippen LogP contribution in [0.2, 0.25) is 0 Å². The highest BCUT2D eigenvalue weighted by atomic mass is 16.5. The van der Waals surface area contributed by atoms with Crippen LogP contribution >= 0.6 is 0 Å². The van der Waals surface area contributed by atoms with Crippen molar-refractivity contribution in [3.8, 4) is 12.3 Å². The number of ether oxygens (including phenoxy) is 1. The van der Waals surface area contributed by atoms with Gasteiger partial charge in [0.1, 0.15) is 5.82 Å². The molecule has 1 aromatic heterocycles. The quantitative estimate of drug-likeness (QED) is 0.456. The fourth-order valence-electron chi connectivity index (χ4n) is 1.05. The second-order valence-electron chi connectivity index (χ2n) is 3.03. The molecule has 5 nitrogen and oxygen atoms in total. The van der Waals surface area contributed by atoms with Gasteiger partial charge in [-0.1, -0.05) is 0 Å². The van der Waals surface area contributed by atoms with Crippen LogP contribution < -0.4 is 5.32 Å². The second-order valence-corrected chi connectivity index (χ2v) is 3.03. The van der Waals surface area contributed by atoms with Crippen molar-refractivity contribution in [1.29, 1.82) is 0 Å². The molecule has 0 saturated carbocycles. The van der Waals surface area contributed by atoms with Crippen LogP contribution in [-0.2, 0) is 4.74 Å².